The van der Waals surface area contributed by atoms with Gasteiger partial charge in [0.1, 0.15) is 17.6 Å². The molecule has 0 bridgehead atoms. The first-order valence-corrected chi connectivity index (χ1v) is 5.65. The van der Waals surface area contributed by atoms with E-state index in [2.05, 4.69) is 17.2 Å². The van der Waals surface area contributed by atoms with E-state index in [4.69, 9.17) is 5.26 Å². The van der Waals surface area contributed by atoms with E-state index in [1.807, 2.05) is 6.07 Å². The molecule has 0 atom stereocenters. The van der Waals surface area contributed by atoms with Crippen molar-refractivity contribution in [2.45, 2.75) is 32.0 Å². The van der Waals surface area contributed by atoms with Crippen LogP contribution < -0.4 is 5.32 Å². The minimum atomic E-state index is -4.49. The Kier molecular flexibility index (Phi) is 3.16. The van der Waals surface area contributed by atoms with E-state index in [0.29, 0.717) is 5.92 Å². The third-order valence-corrected chi connectivity index (χ3v) is 3.02. The highest BCUT2D eigenvalue weighted by Gasteiger charge is 2.34. The monoisotopic (exact) mass is 255 g/mol. The first-order valence-electron chi connectivity index (χ1n) is 5.65. The molecule has 96 valence electrons. The number of nitrogens with zero attached hydrogens (tertiary/aromatic N) is 2. The van der Waals surface area contributed by atoms with Crippen LogP contribution in [-0.2, 0) is 6.18 Å². The van der Waals surface area contributed by atoms with Crippen LogP contribution in [0.2, 0.25) is 0 Å². The largest absolute Gasteiger partial charge is 0.433 e. The molecular formula is C12H12F3N3. The molecule has 1 aromatic heterocycles. The average Bonchev–Trinajstić information content (AvgIpc) is 2.25. The topological polar surface area (TPSA) is 48.7 Å². The van der Waals surface area contributed by atoms with Crippen molar-refractivity contribution in [1.82, 2.24) is 4.98 Å². The van der Waals surface area contributed by atoms with Gasteiger partial charge in [0.15, 0.2) is 0 Å². The van der Waals surface area contributed by atoms with Crippen molar-refractivity contribution in [2.24, 2.45) is 5.92 Å². The first kappa shape index (κ1) is 12.7. The zero-order chi connectivity index (χ0) is 13.3. The van der Waals surface area contributed by atoms with Crippen LogP contribution in [0.5, 0.6) is 0 Å². The average molecular weight is 255 g/mol. The number of nitriles is 1. The lowest BCUT2D eigenvalue weighted by Crippen LogP contribution is -2.34. The summed E-state index contributed by atoms with van der Waals surface area (Å²) < 4.78 is 37.6. The summed E-state index contributed by atoms with van der Waals surface area (Å²) in [6.07, 6.45) is -2.71. The summed E-state index contributed by atoms with van der Waals surface area (Å²) in [4.78, 5) is 3.50. The SMILES string of the molecule is CC1CC(Nc2nc(C(F)(F)F)ccc2C#N)C1. The van der Waals surface area contributed by atoms with Crippen molar-refractivity contribution in [3.05, 3.63) is 23.4 Å². The predicted octanol–water partition coefficient (Wildman–Crippen LogP) is 3.18. The number of halogens is 3. The van der Waals surface area contributed by atoms with Gasteiger partial charge in [0.2, 0.25) is 0 Å². The molecule has 18 heavy (non-hydrogen) atoms. The zero-order valence-corrected chi connectivity index (χ0v) is 9.75. The summed E-state index contributed by atoms with van der Waals surface area (Å²) in [6, 6.07) is 3.94. The third-order valence-electron chi connectivity index (χ3n) is 3.02. The Morgan fingerprint density at radius 2 is 2.06 bits per heavy atom. The molecule has 1 aliphatic carbocycles. The molecule has 0 aromatic carbocycles. The van der Waals surface area contributed by atoms with E-state index in [9.17, 15) is 13.2 Å². The second-order valence-electron chi connectivity index (χ2n) is 4.62. The van der Waals surface area contributed by atoms with Gasteiger partial charge in [0.05, 0.1) is 5.56 Å². The molecule has 0 radical (unpaired) electrons. The lowest BCUT2D eigenvalue weighted by Gasteiger charge is -2.33. The molecule has 0 spiro atoms. The summed E-state index contributed by atoms with van der Waals surface area (Å²) >= 11 is 0. The van der Waals surface area contributed by atoms with Crippen molar-refractivity contribution < 1.29 is 13.2 Å². The summed E-state index contributed by atoms with van der Waals surface area (Å²) in [5, 5.41) is 11.8. The van der Waals surface area contributed by atoms with Gasteiger partial charge < -0.3 is 5.32 Å². The van der Waals surface area contributed by atoms with Gasteiger partial charge >= 0.3 is 6.18 Å². The van der Waals surface area contributed by atoms with Gasteiger partial charge in [0.25, 0.3) is 0 Å². The molecule has 0 saturated heterocycles. The maximum atomic E-state index is 12.5. The maximum absolute atomic E-state index is 12.5. The van der Waals surface area contributed by atoms with Gasteiger partial charge in [-0.2, -0.15) is 18.4 Å². The molecule has 1 saturated carbocycles. The lowest BCUT2D eigenvalue weighted by atomic mass is 9.82. The van der Waals surface area contributed by atoms with Gasteiger partial charge in [-0.1, -0.05) is 6.92 Å². The predicted molar refractivity (Wildman–Crippen MR) is 59.8 cm³/mol. The van der Waals surface area contributed by atoms with Gasteiger partial charge in [-0.05, 0) is 30.9 Å². The number of hydrogen-bond acceptors (Lipinski definition) is 3. The van der Waals surface area contributed by atoms with Gasteiger partial charge in [0, 0.05) is 6.04 Å². The zero-order valence-electron chi connectivity index (χ0n) is 9.75. The van der Waals surface area contributed by atoms with Crippen LogP contribution in [-0.4, -0.2) is 11.0 Å². The van der Waals surface area contributed by atoms with Gasteiger partial charge in [-0.25, -0.2) is 4.98 Å². The molecule has 0 aliphatic heterocycles. The second kappa shape index (κ2) is 4.48. The molecule has 1 aliphatic rings. The minimum Gasteiger partial charge on any atom is -0.366 e. The van der Waals surface area contributed by atoms with E-state index in [1.54, 1.807) is 0 Å². The van der Waals surface area contributed by atoms with E-state index in [0.717, 1.165) is 25.0 Å². The smallest absolute Gasteiger partial charge is 0.366 e. The number of anilines is 1. The molecule has 1 N–H and O–H groups in total. The third kappa shape index (κ3) is 2.55. The Bertz CT molecular complexity index is 484. The molecule has 2 rings (SSSR count). The van der Waals surface area contributed by atoms with E-state index >= 15 is 0 Å². The van der Waals surface area contributed by atoms with Gasteiger partial charge in [-0.3, -0.25) is 0 Å². The second-order valence-corrected chi connectivity index (χ2v) is 4.62. The standard InChI is InChI=1S/C12H12F3N3/c1-7-4-9(5-7)17-11-8(6-16)2-3-10(18-11)12(13,14)15/h2-3,7,9H,4-5H2,1H3,(H,17,18). The molecule has 1 aromatic rings. The minimum absolute atomic E-state index is 0.0317. The first-order chi connectivity index (χ1) is 8.40. The summed E-state index contributed by atoms with van der Waals surface area (Å²) in [5.74, 6) is 0.600. The van der Waals surface area contributed by atoms with Crippen LogP contribution in [0, 0.1) is 17.2 Å². The van der Waals surface area contributed by atoms with E-state index in [1.165, 1.54) is 0 Å². The van der Waals surface area contributed by atoms with Crippen LogP contribution in [0.4, 0.5) is 19.0 Å². The van der Waals surface area contributed by atoms with Crippen molar-refractivity contribution in [2.75, 3.05) is 5.32 Å². The number of rotatable bonds is 2. The molecule has 3 nitrogen and oxygen atoms in total. The summed E-state index contributed by atoms with van der Waals surface area (Å²) in [7, 11) is 0. The lowest BCUT2D eigenvalue weighted by molar-refractivity contribution is -0.141. The Morgan fingerprint density at radius 1 is 1.39 bits per heavy atom. The number of alkyl halides is 3. The maximum Gasteiger partial charge on any atom is 0.433 e. The highest BCUT2D eigenvalue weighted by atomic mass is 19.4. The number of pyridine rings is 1. The van der Waals surface area contributed by atoms with Crippen molar-refractivity contribution in [3.63, 3.8) is 0 Å². The normalized spacial score (nSPS) is 23.1. The number of hydrogen-bond donors (Lipinski definition) is 1. The van der Waals surface area contributed by atoms with Gasteiger partial charge in [-0.15, -0.1) is 0 Å². The molecule has 6 heteroatoms. The van der Waals surface area contributed by atoms with Crippen molar-refractivity contribution >= 4 is 5.82 Å². The van der Waals surface area contributed by atoms with E-state index in [-0.39, 0.29) is 17.4 Å². The highest BCUT2D eigenvalue weighted by Crippen LogP contribution is 2.32. The Morgan fingerprint density at radius 3 is 2.56 bits per heavy atom. The fourth-order valence-electron chi connectivity index (χ4n) is 2.03. The quantitative estimate of drug-likeness (QED) is 0.882. The molecule has 0 amide bonds. The van der Waals surface area contributed by atoms with Crippen LogP contribution in [0.25, 0.3) is 0 Å². The Balaban J connectivity index is 2.23. The number of nitrogens with one attached hydrogen (secondary N) is 1. The van der Waals surface area contributed by atoms with Crippen LogP contribution in [0.1, 0.15) is 31.0 Å². The fraction of sp³-hybridized carbons (Fsp3) is 0.500. The Labute approximate surface area is 103 Å². The van der Waals surface area contributed by atoms with Crippen LogP contribution in [0.3, 0.4) is 0 Å². The molecule has 1 fully saturated rings. The fourth-order valence-corrected chi connectivity index (χ4v) is 2.03. The van der Waals surface area contributed by atoms with E-state index < -0.39 is 11.9 Å². The summed E-state index contributed by atoms with van der Waals surface area (Å²) in [5.41, 5.74) is -0.834. The van der Waals surface area contributed by atoms with Crippen molar-refractivity contribution in [1.29, 1.82) is 5.26 Å². The highest BCUT2D eigenvalue weighted by molar-refractivity contribution is 5.53. The molecule has 1 heterocycles. The van der Waals surface area contributed by atoms with Crippen LogP contribution in [0.15, 0.2) is 12.1 Å². The molecule has 0 unspecified atom stereocenters. The Hall–Kier alpha value is -1.77. The molecular weight excluding hydrogens is 243 g/mol. The number of aromatic nitrogens is 1. The van der Waals surface area contributed by atoms with Crippen molar-refractivity contribution in [3.8, 4) is 6.07 Å². The summed E-state index contributed by atoms with van der Waals surface area (Å²) in [6.45, 7) is 2.07. The van der Waals surface area contributed by atoms with Crippen LogP contribution >= 0.6 is 0 Å².